The van der Waals surface area contributed by atoms with Gasteiger partial charge in [-0.05, 0) is 60.0 Å². The van der Waals surface area contributed by atoms with Crippen molar-refractivity contribution in [1.82, 2.24) is 19.7 Å². The van der Waals surface area contributed by atoms with Gasteiger partial charge in [-0.3, -0.25) is 10.1 Å². The molecule has 5 rings (SSSR count). The fraction of sp³-hybridized carbons (Fsp3) is 0.289. The fourth-order valence-corrected chi connectivity index (χ4v) is 5.43. The first-order chi connectivity index (χ1) is 24.4. The molecule has 268 valence electrons. The molecule has 0 aliphatic rings. The average Bonchev–Trinajstić information content (AvgIpc) is 3.54. The van der Waals surface area contributed by atoms with Crippen LogP contribution in [-0.4, -0.2) is 45.8 Å². The van der Waals surface area contributed by atoms with Crippen LogP contribution < -0.4 is 30.4 Å². The van der Waals surface area contributed by atoms with Crippen molar-refractivity contribution in [3.8, 4) is 22.9 Å². The molecule has 0 aliphatic heterocycles. The predicted octanol–water partition coefficient (Wildman–Crippen LogP) is 6.76. The van der Waals surface area contributed by atoms with Gasteiger partial charge >= 0.3 is 6.03 Å². The number of methoxy groups -OCH3 is 1. The zero-order valence-electron chi connectivity index (χ0n) is 29.1. The van der Waals surface area contributed by atoms with E-state index >= 15 is 0 Å². The molecule has 2 amide bonds. The molecule has 5 aromatic rings. The number of aromatic nitrogens is 3. The first-order valence-electron chi connectivity index (χ1n) is 16.3. The van der Waals surface area contributed by atoms with E-state index in [0.29, 0.717) is 46.4 Å². The number of hydrogen-bond acceptors (Lipinski definition) is 7. The molecule has 0 unspecified atom stereocenters. The minimum absolute atomic E-state index is 0.0246. The summed E-state index contributed by atoms with van der Waals surface area (Å²) in [5.41, 5.74) is 3.27. The molecule has 0 saturated heterocycles. The molecule has 0 aliphatic carbocycles. The Morgan fingerprint density at radius 2 is 1.75 bits per heavy atom. The van der Waals surface area contributed by atoms with E-state index in [1.807, 2.05) is 51.1 Å². The van der Waals surface area contributed by atoms with E-state index in [2.05, 4.69) is 10.6 Å². The van der Waals surface area contributed by atoms with Crippen LogP contribution in [-0.2, 0) is 25.1 Å². The van der Waals surface area contributed by atoms with Crippen molar-refractivity contribution in [3.05, 3.63) is 128 Å². The Labute approximate surface area is 300 Å². The van der Waals surface area contributed by atoms with Gasteiger partial charge in [-0.25, -0.2) is 13.9 Å². The van der Waals surface area contributed by atoms with Crippen molar-refractivity contribution in [3.63, 3.8) is 0 Å². The van der Waals surface area contributed by atoms with Crippen LogP contribution >= 0.6 is 11.6 Å². The van der Waals surface area contributed by atoms with Crippen LogP contribution in [0.4, 0.5) is 15.0 Å². The Balaban J connectivity index is 1.29. The molecule has 0 radical (unpaired) electrons. The van der Waals surface area contributed by atoms with Crippen LogP contribution in [0, 0.1) is 12.7 Å². The number of urea groups is 1. The molecule has 2 aromatic heterocycles. The van der Waals surface area contributed by atoms with Crippen molar-refractivity contribution in [2.24, 2.45) is 0 Å². The van der Waals surface area contributed by atoms with Crippen LogP contribution in [0.25, 0.3) is 5.69 Å². The third-order valence-electron chi connectivity index (χ3n) is 8.05. The van der Waals surface area contributed by atoms with Gasteiger partial charge < -0.3 is 29.2 Å². The number of pyridine rings is 1. The average molecular weight is 718 g/mol. The maximum absolute atomic E-state index is 14.4. The van der Waals surface area contributed by atoms with Gasteiger partial charge in [0.2, 0.25) is 0 Å². The molecule has 3 aromatic carbocycles. The molecule has 51 heavy (non-hydrogen) atoms. The summed E-state index contributed by atoms with van der Waals surface area (Å²) in [7, 11) is 1.59. The number of nitrogens with zero attached hydrogens (tertiary/aromatic N) is 3. The van der Waals surface area contributed by atoms with Gasteiger partial charge in [0.15, 0.2) is 0 Å². The highest BCUT2D eigenvalue weighted by Gasteiger charge is 2.22. The summed E-state index contributed by atoms with van der Waals surface area (Å²) in [5, 5.41) is 19.5. The number of carbonyl (C=O) groups is 1. The molecule has 0 bridgehead atoms. The number of benzene rings is 3. The second-order valence-electron chi connectivity index (χ2n) is 12.9. The third-order valence-corrected chi connectivity index (χ3v) is 8.40. The highest BCUT2D eigenvalue weighted by molar-refractivity contribution is 6.31. The maximum Gasteiger partial charge on any atom is 0.320 e. The Kier molecular flexibility index (Phi) is 11.7. The first kappa shape index (κ1) is 36.9. The van der Waals surface area contributed by atoms with Crippen molar-refractivity contribution < 1.29 is 28.5 Å². The Hall–Kier alpha value is -5.33. The SMILES string of the molecule is COc1ccc(Cn2c(C)cc(OCc3ccc(F)cc3CNC(=O)Nc3cc(C(C)(C)C)nn3-c3cccc(OCCO)c3)c(Cl)c2=O)cc1. The van der Waals surface area contributed by atoms with Crippen LogP contribution in [0.3, 0.4) is 0 Å². The summed E-state index contributed by atoms with van der Waals surface area (Å²) in [6.45, 7) is 8.10. The largest absolute Gasteiger partial charge is 0.497 e. The second kappa shape index (κ2) is 16.1. The van der Waals surface area contributed by atoms with Crippen molar-refractivity contribution in [2.45, 2.75) is 52.8 Å². The second-order valence-corrected chi connectivity index (χ2v) is 13.2. The highest BCUT2D eigenvalue weighted by atomic mass is 35.5. The molecular weight excluding hydrogens is 677 g/mol. The van der Waals surface area contributed by atoms with Gasteiger partial charge in [0.05, 0.1) is 31.6 Å². The van der Waals surface area contributed by atoms with Gasteiger partial charge in [0.25, 0.3) is 5.56 Å². The van der Waals surface area contributed by atoms with Crippen molar-refractivity contribution in [2.75, 3.05) is 25.6 Å². The topological polar surface area (TPSA) is 129 Å². The zero-order chi connectivity index (χ0) is 36.7. The maximum atomic E-state index is 14.4. The number of carbonyl (C=O) groups excluding carboxylic acids is 1. The molecule has 0 saturated carbocycles. The Morgan fingerprint density at radius 1 is 0.980 bits per heavy atom. The monoisotopic (exact) mass is 717 g/mol. The third kappa shape index (κ3) is 9.27. The van der Waals surface area contributed by atoms with E-state index < -0.39 is 17.4 Å². The van der Waals surface area contributed by atoms with Crippen LogP contribution in [0.1, 0.15) is 48.8 Å². The minimum atomic E-state index is -0.542. The smallest absolute Gasteiger partial charge is 0.320 e. The van der Waals surface area contributed by atoms with Gasteiger partial charge in [-0.15, -0.1) is 0 Å². The number of halogens is 2. The van der Waals surface area contributed by atoms with Crippen LogP contribution in [0.5, 0.6) is 17.2 Å². The number of ether oxygens (including phenoxy) is 3. The van der Waals surface area contributed by atoms with Gasteiger partial charge in [0, 0.05) is 35.9 Å². The van der Waals surface area contributed by atoms with Gasteiger partial charge in [0.1, 0.15) is 47.1 Å². The summed E-state index contributed by atoms with van der Waals surface area (Å²) in [6.07, 6.45) is 0. The quantitative estimate of drug-likeness (QED) is 0.123. The molecule has 2 heterocycles. The standard InChI is InChI=1S/C38H41ClFN5O6/c1-24-17-32(35(39)36(47)44(24)22-25-9-13-30(49-5)14-10-25)51-23-26-11-12-28(40)18-27(26)21-41-37(48)42-34-20-33(38(2,3)4)43-45(34)29-7-6-8-31(19-29)50-16-15-46/h6-14,17-20,46H,15-16,21-23H2,1-5H3,(H2,41,42,48). The van der Waals surface area contributed by atoms with Crippen LogP contribution in [0.15, 0.2) is 83.7 Å². The number of aryl methyl sites for hydroxylation is 1. The lowest BCUT2D eigenvalue weighted by atomic mass is 9.92. The molecule has 3 N–H and O–H groups in total. The zero-order valence-corrected chi connectivity index (χ0v) is 29.9. The number of aliphatic hydroxyl groups excluding tert-OH is 1. The van der Waals surface area contributed by atoms with E-state index in [9.17, 15) is 14.0 Å². The van der Waals surface area contributed by atoms with Crippen molar-refractivity contribution >= 4 is 23.4 Å². The molecule has 0 spiro atoms. The molecular formula is C38H41ClFN5O6. The summed E-state index contributed by atoms with van der Waals surface area (Å²) < 4.78 is 34.3. The first-order valence-corrected chi connectivity index (χ1v) is 16.7. The predicted molar refractivity (Wildman–Crippen MR) is 194 cm³/mol. The molecule has 11 nitrogen and oxygen atoms in total. The number of amides is 2. The van der Waals surface area contributed by atoms with Gasteiger partial charge in [-0.2, -0.15) is 5.10 Å². The van der Waals surface area contributed by atoms with Gasteiger partial charge in [-0.1, -0.05) is 56.6 Å². The van der Waals surface area contributed by atoms with E-state index in [-0.39, 0.29) is 42.6 Å². The van der Waals surface area contributed by atoms with Crippen LogP contribution in [0.2, 0.25) is 5.02 Å². The number of nitrogens with one attached hydrogen (secondary N) is 2. The van der Waals surface area contributed by atoms with E-state index in [0.717, 1.165) is 11.3 Å². The normalized spacial score (nSPS) is 11.3. The Morgan fingerprint density at radius 3 is 2.45 bits per heavy atom. The molecule has 0 atom stereocenters. The summed E-state index contributed by atoms with van der Waals surface area (Å²) in [6, 6.07) is 21.6. The fourth-order valence-electron chi connectivity index (χ4n) is 5.22. The number of anilines is 1. The molecule has 0 fully saturated rings. The lowest BCUT2D eigenvalue weighted by molar-refractivity contribution is 0.201. The number of rotatable bonds is 13. The minimum Gasteiger partial charge on any atom is -0.497 e. The lowest BCUT2D eigenvalue weighted by Crippen LogP contribution is -2.29. The highest BCUT2D eigenvalue weighted by Crippen LogP contribution is 2.28. The number of hydrogen-bond donors (Lipinski definition) is 3. The Bertz CT molecular complexity index is 2060. The number of aliphatic hydroxyl groups is 1. The summed E-state index contributed by atoms with van der Waals surface area (Å²) in [4.78, 5) is 26.4. The summed E-state index contributed by atoms with van der Waals surface area (Å²) in [5.74, 6) is 1.37. The lowest BCUT2D eigenvalue weighted by Gasteiger charge is -2.16. The van der Waals surface area contributed by atoms with E-state index in [1.54, 1.807) is 59.7 Å². The van der Waals surface area contributed by atoms with E-state index in [4.69, 9.17) is 36.0 Å². The summed E-state index contributed by atoms with van der Waals surface area (Å²) >= 11 is 6.49. The van der Waals surface area contributed by atoms with E-state index in [1.165, 1.54) is 12.1 Å². The van der Waals surface area contributed by atoms with Crippen molar-refractivity contribution in [1.29, 1.82) is 0 Å². The molecule has 13 heteroatoms.